The lowest BCUT2D eigenvalue weighted by atomic mass is 9.97. The van der Waals surface area contributed by atoms with E-state index in [1.165, 1.54) is 0 Å². The first-order valence-corrected chi connectivity index (χ1v) is 7.27. The Kier molecular flexibility index (Phi) is 5.17. The second-order valence-corrected chi connectivity index (χ2v) is 6.21. The molecule has 0 aliphatic carbocycles. The minimum Gasteiger partial charge on any atom is -0.379 e. The Morgan fingerprint density at radius 2 is 2.05 bits per heavy atom. The maximum Gasteiger partial charge on any atom is 0.0638 e. The average molecular weight is 266 g/mol. The maximum absolute atomic E-state index is 8.95. The molecule has 0 saturated carbocycles. The Balaban J connectivity index is 1.84. The first-order chi connectivity index (χ1) is 9.11. The predicted octanol–water partition coefficient (Wildman–Crippen LogP) is 0.285. The highest BCUT2D eigenvalue weighted by molar-refractivity contribution is 4.95. The van der Waals surface area contributed by atoms with E-state index in [9.17, 15) is 0 Å². The molecule has 1 N–H and O–H groups in total. The monoisotopic (exact) mass is 266 g/mol. The highest BCUT2D eigenvalue weighted by Crippen LogP contribution is 2.17. The third-order valence-electron chi connectivity index (χ3n) is 4.07. The van der Waals surface area contributed by atoms with Crippen molar-refractivity contribution in [3.63, 3.8) is 0 Å². The lowest BCUT2D eigenvalue weighted by Crippen LogP contribution is -2.62. The number of rotatable bonds is 4. The Morgan fingerprint density at radius 3 is 2.74 bits per heavy atom. The minimum absolute atomic E-state index is 0.150. The van der Waals surface area contributed by atoms with E-state index < -0.39 is 0 Å². The van der Waals surface area contributed by atoms with Crippen LogP contribution in [-0.4, -0.2) is 73.9 Å². The number of hydrogen-bond donors (Lipinski definition) is 1. The normalized spacial score (nSPS) is 29.0. The molecule has 1 unspecified atom stereocenters. The molecular weight excluding hydrogens is 240 g/mol. The van der Waals surface area contributed by atoms with E-state index in [4.69, 9.17) is 10.00 Å². The summed E-state index contributed by atoms with van der Waals surface area (Å²) in [7, 11) is 0. The molecule has 2 fully saturated rings. The fraction of sp³-hybridized carbons (Fsp3) is 0.929. The van der Waals surface area contributed by atoms with Gasteiger partial charge in [0.15, 0.2) is 0 Å². The van der Waals surface area contributed by atoms with Gasteiger partial charge in [-0.1, -0.05) is 0 Å². The standard InChI is InChI=1S/C14H26N4O/c1-14(2)12-18(13(3-4-15)11-16-14)6-5-17-7-9-19-10-8-17/h13,16H,3,5-12H2,1-2H3. The molecule has 108 valence electrons. The highest BCUT2D eigenvalue weighted by Gasteiger charge is 2.32. The molecule has 0 amide bonds. The van der Waals surface area contributed by atoms with Crippen molar-refractivity contribution in [2.75, 3.05) is 52.5 Å². The fourth-order valence-electron chi connectivity index (χ4n) is 2.88. The van der Waals surface area contributed by atoms with Crippen molar-refractivity contribution in [2.24, 2.45) is 0 Å². The molecule has 5 heteroatoms. The van der Waals surface area contributed by atoms with E-state index in [1.807, 2.05) is 0 Å². The summed E-state index contributed by atoms with van der Waals surface area (Å²) in [5, 5.41) is 12.5. The number of hydrogen-bond acceptors (Lipinski definition) is 5. The van der Waals surface area contributed by atoms with Crippen molar-refractivity contribution < 1.29 is 4.74 Å². The lowest BCUT2D eigenvalue weighted by molar-refractivity contribution is 0.0239. The SMILES string of the molecule is CC1(C)CN(CCN2CCOCC2)C(CC#N)CN1. The van der Waals surface area contributed by atoms with Crippen molar-refractivity contribution in [2.45, 2.75) is 31.8 Å². The smallest absolute Gasteiger partial charge is 0.0638 e. The molecule has 1 atom stereocenters. The Bertz CT molecular complexity index is 320. The van der Waals surface area contributed by atoms with Crippen LogP contribution in [0.1, 0.15) is 20.3 Å². The van der Waals surface area contributed by atoms with E-state index in [1.54, 1.807) is 0 Å². The first kappa shape index (κ1) is 14.7. The van der Waals surface area contributed by atoms with Crippen molar-refractivity contribution >= 4 is 0 Å². The molecule has 5 nitrogen and oxygen atoms in total. The molecule has 0 radical (unpaired) electrons. The first-order valence-electron chi connectivity index (χ1n) is 7.27. The summed E-state index contributed by atoms with van der Waals surface area (Å²) in [4.78, 5) is 4.94. The molecule has 19 heavy (non-hydrogen) atoms. The Hall–Kier alpha value is -0.670. The van der Waals surface area contributed by atoms with Gasteiger partial charge in [-0.3, -0.25) is 9.80 Å². The third-order valence-corrected chi connectivity index (χ3v) is 4.07. The number of morpholine rings is 1. The van der Waals surface area contributed by atoms with Gasteiger partial charge in [-0.2, -0.15) is 5.26 Å². The zero-order valence-corrected chi connectivity index (χ0v) is 12.2. The van der Waals surface area contributed by atoms with E-state index in [0.717, 1.165) is 52.5 Å². The molecule has 0 aromatic heterocycles. The number of piperazine rings is 1. The summed E-state index contributed by atoms with van der Waals surface area (Å²) in [6.07, 6.45) is 0.617. The quantitative estimate of drug-likeness (QED) is 0.792. The van der Waals surface area contributed by atoms with Crippen molar-refractivity contribution in [3.05, 3.63) is 0 Å². The fourth-order valence-corrected chi connectivity index (χ4v) is 2.88. The van der Waals surface area contributed by atoms with Crippen molar-refractivity contribution in [3.8, 4) is 6.07 Å². The summed E-state index contributed by atoms with van der Waals surface area (Å²) in [5.74, 6) is 0. The van der Waals surface area contributed by atoms with Crippen LogP contribution in [0.2, 0.25) is 0 Å². The summed E-state index contributed by atoms with van der Waals surface area (Å²) in [5.41, 5.74) is 0.150. The molecule has 0 aromatic carbocycles. The summed E-state index contributed by atoms with van der Waals surface area (Å²) in [6, 6.07) is 2.68. The van der Waals surface area contributed by atoms with Gasteiger partial charge in [0.25, 0.3) is 0 Å². The van der Waals surface area contributed by atoms with Crippen LogP contribution >= 0.6 is 0 Å². The van der Waals surface area contributed by atoms with Gasteiger partial charge in [0, 0.05) is 50.8 Å². The van der Waals surface area contributed by atoms with Gasteiger partial charge in [-0.15, -0.1) is 0 Å². The summed E-state index contributed by atoms with van der Waals surface area (Å²) >= 11 is 0. The van der Waals surface area contributed by atoms with E-state index in [2.05, 4.69) is 35.0 Å². The van der Waals surface area contributed by atoms with Gasteiger partial charge in [0.05, 0.1) is 25.7 Å². The van der Waals surface area contributed by atoms with Crippen LogP contribution in [0, 0.1) is 11.3 Å². The number of nitriles is 1. The lowest BCUT2D eigenvalue weighted by Gasteiger charge is -2.44. The second kappa shape index (κ2) is 6.67. The van der Waals surface area contributed by atoms with Crippen LogP contribution in [0.15, 0.2) is 0 Å². The van der Waals surface area contributed by atoms with E-state index >= 15 is 0 Å². The predicted molar refractivity (Wildman–Crippen MR) is 74.9 cm³/mol. The molecule has 2 heterocycles. The van der Waals surface area contributed by atoms with Crippen LogP contribution in [0.3, 0.4) is 0 Å². The Labute approximate surface area is 116 Å². The van der Waals surface area contributed by atoms with Crippen LogP contribution in [0.4, 0.5) is 0 Å². The van der Waals surface area contributed by atoms with Gasteiger partial charge in [0.1, 0.15) is 0 Å². The Morgan fingerprint density at radius 1 is 1.32 bits per heavy atom. The van der Waals surface area contributed by atoms with Gasteiger partial charge >= 0.3 is 0 Å². The minimum atomic E-state index is 0.150. The van der Waals surface area contributed by atoms with Crippen LogP contribution in [-0.2, 0) is 4.74 Å². The van der Waals surface area contributed by atoms with E-state index in [0.29, 0.717) is 12.5 Å². The number of nitrogens with zero attached hydrogens (tertiary/aromatic N) is 3. The van der Waals surface area contributed by atoms with Crippen molar-refractivity contribution in [1.29, 1.82) is 5.26 Å². The largest absolute Gasteiger partial charge is 0.379 e. The topological polar surface area (TPSA) is 51.5 Å². The average Bonchev–Trinajstić information content (AvgIpc) is 2.40. The highest BCUT2D eigenvalue weighted by atomic mass is 16.5. The van der Waals surface area contributed by atoms with Gasteiger partial charge in [0.2, 0.25) is 0 Å². The molecule has 0 aromatic rings. The molecule has 2 aliphatic rings. The molecule has 2 rings (SSSR count). The third kappa shape index (κ3) is 4.43. The molecule has 0 bridgehead atoms. The van der Waals surface area contributed by atoms with Gasteiger partial charge in [-0.05, 0) is 13.8 Å². The van der Waals surface area contributed by atoms with Gasteiger partial charge < -0.3 is 10.1 Å². The number of ether oxygens (including phenoxy) is 1. The molecule has 0 spiro atoms. The maximum atomic E-state index is 8.95. The summed E-state index contributed by atoms with van der Waals surface area (Å²) < 4.78 is 5.38. The van der Waals surface area contributed by atoms with Crippen molar-refractivity contribution in [1.82, 2.24) is 15.1 Å². The number of nitrogens with one attached hydrogen (secondary N) is 1. The van der Waals surface area contributed by atoms with Crippen LogP contribution in [0.25, 0.3) is 0 Å². The van der Waals surface area contributed by atoms with Crippen LogP contribution in [0.5, 0.6) is 0 Å². The molecular formula is C14H26N4O. The molecule has 2 aliphatic heterocycles. The van der Waals surface area contributed by atoms with Gasteiger partial charge in [-0.25, -0.2) is 0 Å². The van der Waals surface area contributed by atoms with Crippen LogP contribution < -0.4 is 5.32 Å². The zero-order chi connectivity index (χ0) is 13.7. The van der Waals surface area contributed by atoms with E-state index in [-0.39, 0.29) is 5.54 Å². The molecule has 2 saturated heterocycles. The second-order valence-electron chi connectivity index (χ2n) is 6.21. The zero-order valence-electron chi connectivity index (χ0n) is 12.2. The summed E-state index contributed by atoms with van der Waals surface area (Å²) in [6.45, 7) is 12.3.